The normalized spacial score (nSPS) is 11.6. The van der Waals surface area contributed by atoms with Crippen LogP contribution in [-0.2, 0) is 0 Å². The average Bonchev–Trinajstić information content (AvgIpc) is 2.38. The third-order valence-electron chi connectivity index (χ3n) is 2.61. The first-order valence-electron chi connectivity index (χ1n) is 5.90. The van der Waals surface area contributed by atoms with Crippen molar-refractivity contribution < 1.29 is 0 Å². The van der Waals surface area contributed by atoms with Gasteiger partial charge in [0.25, 0.3) is 0 Å². The minimum Gasteiger partial charge on any atom is -0.382 e. The molecule has 0 heterocycles. The van der Waals surface area contributed by atoms with E-state index in [4.69, 9.17) is 0 Å². The fraction of sp³-hybridized carbons (Fsp3) is 0.125. The molecule has 0 atom stereocenters. The summed E-state index contributed by atoms with van der Waals surface area (Å²) >= 11 is 0. The Bertz CT molecular complexity index is 538. The van der Waals surface area contributed by atoms with Crippen LogP contribution in [0.25, 0.3) is 10.8 Å². The molecule has 0 spiro atoms. The van der Waals surface area contributed by atoms with Crippen LogP contribution in [0.3, 0.4) is 0 Å². The molecule has 1 N–H and O–H groups in total. The van der Waals surface area contributed by atoms with E-state index in [1.807, 2.05) is 25.2 Å². The van der Waals surface area contributed by atoms with Crippen LogP contribution in [0, 0.1) is 0 Å². The number of rotatable bonds is 4. The van der Waals surface area contributed by atoms with Gasteiger partial charge in [0.15, 0.2) is 0 Å². The number of hydrogen-bond donors (Lipinski definition) is 1. The van der Waals surface area contributed by atoms with Crippen LogP contribution in [0.5, 0.6) is 0 Å². The highest BCUT2D eigenvalue weighted by molar-refractivity contribution is 5.85. The lowest BCUT2D eigenvalue weighted by molar-refractivity contribution is 1.34. The molecule has 2 rings (SSSR count). The molecule has 0 aliphatic heterocycles. The fourth-order valence-electron chi connectivity index (χ4n) is 1.73. The molecule has 0 saturated heterocycles. The Labute approximate surface area is 102 Å². The monoisotopic (exact) mass is 223 g/mol. The van der Waals surface area contributed by atoms with Gasteiger partial charge in [-0.3, -0.25) is 0 Å². The zero-order chi connectivity index (χ0) is 11.9. The highest BCUT2D eigenvalue weighted by atomic mass is 14.8. The van der Waals surface area contributed by atoms with Crippen molar-refractivity contribution in [2.24, 2.45) is 0 Å². The van der Waals surface area contributed by atoms with Crippen molar-refractivity contribution in [3.8, 4) is 0 Å². The summed E-state index contributed by atoms with van der Waals surface area (Å²) in [5.74, 6) is 0. The van der Waals surface area contributed by atoms with E-state index in [1.165, 1.54) is 10.8 Å². The number of allylic oxidation sites excluding steroid dienone is 3. The quantitative estimate of drug-likeness (QED) is 0.758. The van der Waals surface area contributed by atoms with Gasteiger partial charge in [0.1, 0.15) is 0 Å². The summed E-state index contributed by atoms with van der Waals surface area (Å²) < 4.78 is 0. The lowest BCUT2D eigenvalue weighted by Gasteiger charge is -2.04. The SMILES string of the molecule is CC=CC=CCNc1ccc2ccccc2c1. The summed E-state index contributed by atoms with van der Waals surface area (Å²) in [5.41, 5.74) is 1.16. The summed E-state index contributed by atoms with van der Waals surface area (Å²) in [5, 5.41) is 5.93. The maximum atomic E-state index is 3.37. The molecule has 17 heavy (non-hydrogen) atoms. The van der Waals surface area contributed by atoms with E-state index in [0.29, 0.717) is 0 Å². The van der Waals surface area contributed by atoms with E-state index in [2.05, 4.69) is 53.9 Å². The fourth-order valence-corrected chi connectivity index (χ4v) is 1.73. The molecule has 0 unspecified atom stereocenters. The molecule has 2 aromatic rings. The van der Waals surface area contributed by atoms with Gasteiger partial charge in [-0.25, -0.2) is 0 Å². The minimum absolute atomic E-state index is 0.850. The summed E-state index contributed by atoms with van der Waals surface area (Å²) in [6, 6.07) is 14.8. The molecule has 0 aromatic heterocycles. The molecule has 1 nitrogen and oxygen atoms in total. The van der Waals surface area contributed by atoms with E-state index < -0.39 is 0 Å². The van der Waals surface area contributed by atoms with Gasteiger partial charge in [0.05, 0.1) is 0 Å². The lowest BCUT2D eigenvalue weighted by Crippen LogP contribution is -1.97. The van der Waals surface area contributed by atoms with E-state index in [-0.39, 0.29) is 0 Å². The zero-order valence-corrected chi connectivity index (χ0v) is 10.1. The minimum atomic E-state index is 0.850. The number of fused-ring (bicyclic) bond motifs is 1. The molecule has 0 aliphatic rings. The van der Waals surface area contributed by atoms with Crippen molar-refractivity contribution >= 4 is 16.5 Å². The Morgan fingerprint density at radius 1 is 1.00 bits per heavy atom. The molecular weight excluding hydrogens is 206 g/mol. The van der Waals surface area contributed by atoms with Gasteiger partial charge in [-0.2, -0.15) is 0 Å². The van der Waals surface area contributed by atoms with Gasteiger partial charge >= 0.3 is 0 Å². The third-order valence-corrected chi connectivity index (χ3v) is 2.61. The molecule has 0 radical (unpaired) electrons. The van der Waals surface area contributed by atoms with Crippen LogP contribution in [-0.4, -0.2) is 6.54 Å². The molecule has 0 fully saturated rings. The maximum absolute atomic E-state index is 3.37. The number of nitrogens with one attached hydrogen (secondary N) is 1. The van der Waals surface area contributed by atoms with Crippen LogP contribution < -0.4 is 5.32 Å². The second-order valence-corrected chi connectivity index (χ2v) is 3.90. The molecule has 0 amide bonds. The van der Waals surface area contributed by atoms with Gasteiger partial charge in [-0.05, 0) is 29.8 Å². The Hall–Kier alpha value is -2.02. The van der Waals surface area contributed by atoms with Crippen molar-refractivity contribution in [2.75, 3.05) is 11.9 Å². The molecule has 1 heteroatoms. The Balaban J connectivity index is 2.04. The van der Waals surface area contributed by atoms with Gasteiger partial charge in [0.2, 0.25) is 0 Å². The molecule has 2 aromatic carbocycles. The van der Waals surface area contributed by atoms with Crippen LogP contribution in [0.15, 0.2) is 66.8 Å². The second-order valence-electron chi connectivity index (χ2n) is 3.90. The second kappa shape index (κ2) is 5.90. The summed E-state index contributed by atoms with van der Waals surface area (Å²) in [6.45, 7) is 2.86. The number of hydrogen-bond acceptors (Lipinski definition) is 1. The van der Waals surface area contributed by atoms with E-state index in [0.717, 1.165) is 12.2 Å². The summed E-state index contributed by atoms with van der Waals surface area (Å²) in [6.07, 6.45) is 8.21. The zero-order valence-electron chi connectivity index (χ0n) is 10.1. The number of benzene rings is 2. The van der Waals surface area contributed by atoms with Gasteiger partial charge in [-0.15, -0.1) is 0 Å². The Kier molecular flexibility index (Phi) is 3.98. The maximum Gasteiger partial charge on any atom is 0.0349 e. The largest absolute Gasteiger partial charge is 0.382 e. The summed E-state index contributed by atoms with van der Waals surface area (Å²) in [4.78, 5) is 0. The van der Waals surface area contributed by atoms with Gasteiger partial charge in [0, 0.05) is 12.2 Å². The highest BCUT2D eigenvalue weighted by Gasteiger charge is 1.93. The molecule has 0 aliphatic carbocycles. The standard InChI is InChI=1S/C16H17N/c1-2-3-4-7-12-17-16-11-10-14-8-5-6-9-15(14)13-16/h2-11,13,17H,12H2,1H3. The topological polar surface area (TPSA) is 12.0 Å². The highest BCUT2D eigenvalue weighted by Crippen LogP contribution is 2.18. The first kappa shape index (κ1) is 11.5. The summed E-state index contributed by atoms with van der Waals surface area (Å²) in [7, 11) is 0. The van der Waals surface area contributed by atoms with Crippen molar-refractivity contribution in [3.05, 3.63) is 66.8 Å². The Morgan fingerprint density at radius 2 is 1.82 bits per heavy atom. The Morgan fingerprint density at radius 3 is 2.65 bits per heavy atom. The van der Waals surface area contributed by atoms with Crippen LogP contribution >= 0.6 is 0 Å². The lowest BCUT2D eigenvalue weighted by atomic mass is 10.1. The van der Waals surface area contributed by atoms with Gasteiger partial charge < -0.3 is 5.32 Å². The van der Waals surface area contributed by atoms with Crippen molar-refractivity contribution in [3.63, 3.8) is 0 Å². The van der Waals surface area contributed by atoms with E-state index >= 15 is 0 Å². The first-order valence-corrected chi connectivity index (χ1v) is 5.90. The third kappa shape index (κ3) is 3.22. The van der Waals surface area contributed by atoms with E-state index in [1.54, 1.807) is 0 Å². The van der Waals surface area contributed by atoms with Crippen molar-refractivity contribution in [1.82, 2.24) is 0 Å². The van der Waals surface area contributed by atoms with Crippen LogP contribution in [0.4, 0.5) is 5.69 Å². The predicted molar refractivity (Wildman–Crippen MR) is 76.4 cm³/mol. The van der Waals surface area contributed by atoms with Gasteiger partial charge in [-0.1, -0.05) is 54.6 Å². The number of anilines is 1. The molecular formula is C16H17N. The first-order chi connectivity index (χ1) is 8.40. The average molecular weight is 223 g/mol. The van der Waals surface area contributed by atoms with Crippen LogP contribution in [0.1, 0.15) is 6.92 Å². The van der Waals surface area contributed by atoms with E-state index in [9.17, 15) is 0 Å². The smallest absolute Gasteiger partial charge is 0.0349 e. The van der Waals surface area contributed by atoms with Crippen molar-refractivity contribution in [2.45, 2.75) is 6.92 Å². The van der Waals surface area contributed by atoms with Crippen molar-refractivity contribution in [1.29, 1.82) is 0 Å². The molecule has 86 valence electrons. The predicted octanol–water partition coefficient (Wildman–Crippen LogP) is 4.38. The molecule has 0 saturated carbocycles. The molecule has 0 bridgehead atoms. The van der Waals surface area contributed by atoms with Crippen LogP contribution in [0.2, 0.25) is 0 Å².